The number of hydrogen-bond donors (Lipinski definition) is 2. The number of nitrogens with zero attached hydrogens (tertiary/aromatic N) is 2. The highest BCUT2D eigenvalue weighted by Gasteiger charge is 2.19. The molecule has 0 heterocycles. The van der Waals surface area contributed by atoms with Crippen LogP contribution in [0.25, 0.3) is 0 Å². The predicted molar refractivity (Wildman–Crippen MR) is 75.7 cm³/mol. The Kier molecular flexibility index (Phi) is 5.18. The van der Waals surface area contributed by atoms with Crippen LogP contribution in [-0.2, 0) is 0 Å². The smallest absolute Gasteiger partial charge is 0.255 e. The lowest BCUT2D eigenvalue weighted by Crippen LogP contribution is -2.36. The summed E-state index contributed by atoms with van der Waals surface area (Å²) in [7, 11) is 1.65. The largest absolute Gasteiger partial charge is 0.409 e. The van der Waals surface area contributed by atoms with E-state index in [4.69, 9.17) is 22.5 Å². The molecule has 0 radical (unpaired) electrons. The number of carbonyl (C=O) groups excluding carboxylic acids is 1. The first-order valence-corrected chi connectivity index (χ1v) is 6.24. The Morgan fingerprint density at radius 1 is 1.58 bits per heavy atom. The number of nitrogens with two attached hydrogens (primary N) is 1. The number of amides is 1. The highest BCUT2D eigenvalue weighted by atomic mass is 35.5. The molecule has 0 bridgehead atoms. The highest BCUT2D eigenvalue weighted by molar-refractivity contribution is 6.34. The first-order chi connectivity index (χ1) is 8.88. The first-order valence-electron chi connectivity index (χ1n) is 5.86. The molecular weight excluding hydrogens is 266 g/mol. The molecule has 0 aliphatic heterocycles. The fourth-order valence-electron chi connectivity index (χ4n) is 1.70. The van der Waals surface area contributed by atoms with Gasteiger partial charge in [0.2, 0.25) is 0 Å². The molecule has 1 amide bonds. The summed E-state index contributed by atoms with van der Waals surface area (Å²) >= 11 is 6.12. The van der Waals surface area contributed by atoms with Gasteiger partial charge < -0.3 is 15.8 Å². The van der Waals surface area contributed by atoms with Crippen molar-refractivity contribution in [2.24, 2.45) is 16.8 Å². The van der Waals surface area contributed by atoms with Crippen LogP contribution in [0.5, 0.6) is 0 Å². The average Bonchev–Trinajstić information content (AvgIpc) is 2.39. The second kappa shape index (κ2) is 6.43. The Hall–Kier alpha value is -1.75. The standard InChI is InChI=1S/C13H18ClN3O2/c1-8-5-4-6-10(11(8)14)13(18)17(3)7-9(2)12(15)16-19/h4-6,9,19H,7H2,1-3H3,(H2,15,16). The Morgan fingerprint density at radius 3 is 2.79 bits per heavy atom. The van der Waals surface area contributed by atoms with Crippen LogP contribution in [0.4, 0.5) is 0 Å². The third-order valence-corrected chi connectivity index (χ3v) is 3.44. The van der Waals surface area contributed by atoms with Crippen molar-refractivity contribution < 1.29 is 10.0 Å². The molecule has 19 heavy (non-hydrogen) atoms. The normalized spacial score (nSPS) is 13.2. The maximum atomic E-state index is 12.3. The quantitative estimate of drug-likeness (QED) is 0.384. The van der Waals surface area contributed by atoms with E-state index in [0.29, 0.717) is 17.1 Å². The van der Waals surface area contributed by atoms with Crippen molar-refractivity contribution in [1.82, 2.24) is 4.90 Å². The molecule has 6 heteroatoms. The maximum Gasteiger partial charge on any atom is 0.255 e. The minimum absolute atomic E-state index is 0.0926. The molecule has 1 aromatic rings. The molecule has 1 unspecified atom stereocenters. The Labute approximate surface area is 117 Å². The molecule has 3 N–H and O–H groups in total. The van der Waals surface area contributed by atoms with Gasteiger partial charge in [0.15, 0.2) is 0 Å². The number of amidine groups is 1. The molecule has 1 aromatic carbocycles. The molecule has 0 aromatic heterocycles. The van der Waals surface area contributed by atoms with E-state index >= 15 is 0 Å². The molecule has 5 nitrogen and oxygen atoms in total. The summed E-state index contributed by atoms with van der Waals surface area (Å²) in [4.78, 5) is 13.8. The molecule has 1 atom stereocenters. The number of hydrogen-bond acceptors (Lipinski definition) is 3. The van der Waals surface area contributed by atoms with Crippen LogP contribution in [0.15, 0.2) is 23.4 Å². The van der Waals surface area contributed by atoms with Gasteiger partial charge >= 0.3 is 0 Å². The van der Waals surface area contributed by atoms with Crippen LogP contribution >= 0.6 is 11.6 Å². The second-order valence-electron chi connectivity index (χ2n) is 4.55. The van der Waals surface area contributed by atoms with Crippen molar-refractivity contribution in [3.63, 3.8) is 0 Å². The van der Waals surface area contributed by atoms with Gasteiger partial charge in [-0.3, -0.25) is 4.79 Å². The number of benzene rings is 1. The SMILES string of the molecule is Cc1cccc(C(=O)N(C)CC(C)/C(N)=N/O)c1Cl. The van der Waals surface area contributed by atoms with E-state index < -0.39 is 0 Å². The van der Waals surface area contributed by atoms with Gasteiger partial charge in [-0.15, -0.1) is 0 Å². The van der Waals surface area contributed by atoms with Gasteiger partial charge in [-0.05, 0) is 18.6 Å². The van der Waals surface area contributed by atoms with Gasteiger partial charge in [0, 0.05) is 19.5 Å². The van der Waals surface area contributed by atoms with E-state index in [1.165, 1.54) is 4.90 Å². The molecule has 0 spiro atoms. The zero-order valence-electron chi connectivity index (χ0n) is 11.2. The van der Waals surface area contributed by atoms with Crippen molar-refractivity contribution >= 4 is 23.3 Å². The third-order valence-electron chi connectivity index (χ3n) is 2.94. The molecule has 104 valence electrons. The molecule has 0 fully saturated rings. The van der Waals surface area contributed by atoms with Crippen LogP contribution in [0, 0.1) is 12.8 Å². The van der Waals surface area contributed by atoms with Crippen LogP contribution < -0.4 is 5.73 Å². The highest BCUT2D eigenvalue weighted by Crippen LogP contribution is 2.21. The van der Waals surface area contributed by atoms with Crippen LogP contribution in [0.2, 0.25) is 5.02 Å². The van der Waals surface area contributed by atoms with Gasteiger partial charge in [-0.2, -0.15) is 0 Å². The number of aryl methyl sites for hydroxylation is 1. The van der Waals surface area contributed by atoms with Crippen molar-refractivity contribution in [2.75, 3.05) is 13.6 Å². The van der Waals surface area contributed by atoms with E-state index in [1.54, 1.807) is 26.1 Å². The third kappa shape index (κ3) is 3.61. The molecule has 1 rings (SSSR count). The summed E-state index contributed by atoms with van der Waals surface area (Å²) in [6.07, 6.45) is 0. The lowest BCUT2D eigenvalue weighted by molar-refractivity contribution is 0.0786. The Bertz CT molecular complexity index is 503. The van der Waals surface area contributed by atoms with E-state index in [1.807, 2.05) is 13.0 Å². The van der Waals surface area contributed by atoms with Crippen molar-refractivity contribution in [3.05, 3.63) is 34.3 Å². The topological polar surface area (TPSA) is 78.9 Å². The van der Waals surface area contributed by atoms with E-state index in [-0.39, 0.29) is 17.7 Å². The summed E-state index contributed by atoms with van der Waals surface area (Å²) in [5.41, 5.74) is 6.80. The zero-order valence-corrected chi connectivity index (χ0v) is 12.0. The minimum Gasteiger partial charge on any atom is -0.409 e. The zero-order chi connectivity index (χ0) is 14.6. The maximum absolute atomic E-state index is 12.3. The molecule has 0 saturated heterocycles. The number of rotatable bonds is 4. The molecular formula is C13H18ClN3O2. The summed E-state index contributed by atoms with van der Waals surface area (Å²) in [5, 5.41) is 12.0. The van der Waals surface area contributed by atoms with E-state index in [9.17, 15) is 4.79 Å². The van der Waals surface area contributed by atoms with Crippen LogP contribution in [-0.4, -0.2) is 35.4 Å². The summed E-state index contributed by atoms with van der Waals surface area (Å²) in [6, 6.07) is 5.32. The monoisotopic (exact) mass is 283 g/mol. The first kappa shape index (κ1) is 15.3. The van der Waals surface area contributed by atoms with Crippen LogP contribution in [0.3, 0.4) is 0 Å². The number of oxime groups is 1. The second-order valence-corrected chi connectivity index (χ2v) is 4.93. The van der Waals surface area contributed by atoms with Crippen LogP contribution in [0.1, 0.15) is 22.8 Å². The van der Waals surface area contributed by atoms with Crippen molar-refractivity contribution in [3.8, 4) is 0 Å². The molecule has 0 aliphatic carbocycles. The summed E-state index contributed by atoms with van der Waals surface area (Å²) < 4.78 is 0. The lowest BCUT2D eigenvalue weighted by Gasteiger charge is -2.21. The fourth-order valence-corrected chi connectivity index (χ4v) is 1.91. The van der Waals surface area contributed by atoms with Gasteiger partial charge in [-0.25, -0.2) is 0 Å². The Morgan fingerprint density at radius 2 is 2.21 bits per heavy atom. The molecule has 0 aliphatic rings. The summed E-state index contributed by atoms with van der Waals surface area (Å²) in [6.45, 7) is 3.97. The van der Waals surface area contributed by atoms with Gasteiger partial charge in [0.05, 0.1) is 10.6 Å². The van der Waals surface area contributed by atoms with Crippen molar-refractivity contribution in [1.29, 1.82) is 0 Å². The fraction of sp³-hybridized carbons (Fsp3) is 0.385. The molecule has 0 saturated carbocycles. The predicted octanol–water partition coefficient (Wildman–Crippen LogP) is 2.10. The van der Waals surface area contributed by atoms with E-state index in [0.717, 1.165) is 5.56 Å². The van der Waals surface area contributed by atoms with Gasteiger partial charge in [0.1, 0.15) is 5.84 Å². The van der Waals surface area contributed by atoms with Gasteiger partial charge in [-0.1, -0.05) is 35.8 Å². The lowest BCUT2D eigenvalue weighted by atomic mass is 10.1. The average molecular weight is 284 g/mol. The van der Waals surface area contributed by atoms with Gasteiger partial charge in [0.25, 0.3) is 5.91 Å². The number of halogens is 1. The summed E-state index contributed by atoms with van der Waals surface area (Å²) in [5.74, 6) is -0.330. The van der Waals surface area contributed by atoms with Crippen molar-refractivity contribution in [2.45, 2.75) is 13.8 Å². The number of carbonyl (C=O) groups is 1. The Balaban J connectivity index is 2.86. The minimum atomic E-state index is -0.234. The van der Waals surface area contributed by atoms with E-state index in [2.05, 4.69) is 5.16 Å².